The van der Waals surface area contributed by atoms with Gasteiger partial charge in [-0.3, -0.25) is 0 Å². The van der Waals surface area contributed by atoms with Crippen LogP contribution in [0.1, 0.15) is 26.7 Å². The van der Waals surface area contributed by atoms with Crippen molar-refractivity contribution in [3.05, 3.63) is 0 Å². The van der Waals surface area contributed by atoms with Crippen LogP contribution >= 0.6 is 0 Å². The Kier molecular flexibility index (Phi) is 8.35. The van der Waals surface area contributed by atoms with Crippen molar-refractivity contribution in [1.82, 2.24) is 0 Å². The minimum Gasteiger partial charge on any atom is -0.550 e. The molecule has 0 aromatic carbocycles. The molecule has 0 aromatic rings. The van der Waals surface area contributed by atoms with Crippen LogP contribution in [-0.2, 0) is 9.59 Å². The van der Waals surface area contributed by atoms with Crippen molar-refractivity contribution in [2.45, 2.75) is 32.7 Å². The van der Waals surface area contributed by atoms with Crippen LogP contribution in [0.25, 0.3) is 0 Å². The molecule has 6 nitrogen and oxygen atoms in total. The van der Waals surface area contributed by atoms with E-state index < -0.39 is 24.4 Å². The Bertz CT molecular complexity index is 242. The average molecular weight is 246 g/mol. The lowest BCUT2D eigenvalue weighted by molar-refractivity contribution is -0.898. The van der Waals surface area contributed by atoms with E-state index in [-0.39, 0.29) is 0 Å². The predicted molar refractivity (Wildman–Crippen MR) is 56.7 cm³/mol. The zero-order chi connectivity index (χ0) is 13.3. The Hall–Kier alpha value is -1.14. The molecule has 1 atom stereocenters. The van der Waals surface area contributed by atoms with E-state index in [1.807, 2.05) is 0 Å². The summed E-state index contributed by atoms with van der Waals surface area (Å²) in [6.45, 7) is 7.84. The standard InChI is InChI=1S/C11H22N2O4/c1-3-13(4-2)7-5-6-12-9(11(16)17)8-10(14)15/h9,12H,3-8H2,1-2H3,(H,14,15)(H,16,17)/t9-/m0/s1. The van der Waals surface area contributed by atoms with Gasteiger partial charge in [0.1, 0.15) is 6.04 Å². The second-order valence-corrected chi connectivity index (χ2v) is 4.09. The van der Waals surface area contributed by atoms with Crippen LogP contribution in [0, 0.1) is 0 Å². The molecule has 0 fully saturated rings. The molecule has 100 valence electrons. The van der Waals surface area contributed by atoms with Gasteiger partial charge in [0.15, 0.2) is 0 Å². The molecular weight excluding hydrogens is 224 g/mol. The molecule has 0 bridgehead atoms. The van der Waals surface area contributed by atoms with Gasteiger partial charge in [0.2, 0.25) is 0 Å². The number of hydrogen-bond donors (Lipinski definition) is 2. The summed E-state index contributed by atoms with van der Waals surface area (Å²) < 4.78 is 0. The second-order valence-electron chi connectivity index (χ2n) is 4.09. The smallest absolute Gasteiger partial charge is 0.131 e. The van der Waals surface area contributed by atoms with Gasteiger partial charge in [0, 0.05) is 18.8 Å². The van der Waals surface area contributed by atoms with Crippen molar-refractivity contribution < 1.29 is 30.0 Å². The van der Waals surface area contributed by atoms with E-state index in [2.05, 4.69) is 13.8 Å². The third-order valence-corrected chi connectivity index (χ3v) is 2.87. The highest BCUT2D eigenvalue weighted by Gasteiger charge is 2.13. The van der Waals surface area contributed by atoms with Gasteiger partial charge in [-0.2, -0.15) is 0 Å². The largest absolute Gasteiger partial charge is 0.550 e. The molecule has 0 spiro atoms. The van der Waals surface area contributed by atoms with Crippen LogP contribution in [0.5, 0.6) is 0 Å². The molecule has 0 unspecified atom stereocenters. The van der Waals surface area contributed by atoms with E-state index in [1.54, 1.807) is 0 Å². The fourth-order valence-electron chi connectivity index (χ4n) is 1.72. The summed E-state index contributed by atoms with van der Waals surface area (Å²) in [7, 11) is 0. The van der Waals surface area contributed by atoms with E-state index in [4.69, 9.17) is 0 Å². The fraction of sp³-hybridized carbons (Fsp3) is 0.818. The monoisotopic (exact) mass is 246 g/mol. The minimum atomic E-state index is -1.36. The lowest BCUT2D eigenvalue weighted by Gasteiger charge is -2.18. The first kappa shape index (κ1) is 15.9. The Morgan fingerprint density at radius 3 is 2.24 bits per heavy atom. The molecule has 0 heterocycles. The number of nitrogens with one attached hydrogen (secondary N) is 1. The van der Waals surface area contributed by atoms with E-state index in [0.29, 0.717) is 6.54 Å². The molecule has 0 aliphatic carbocycles. The van der Waals surface area contributed by atoms with E-state index in [1.165, 1.54) is 10.2 Å². The highest BCUT2D eigenvalue weighted by molar-refractivity contribution is 5.76. The van der Waals surface area contributed by atoms with Gasteiger partial charge >= 0.3 is 0 Å². The zero-order valence-corrected chi connectivity index (χ0v) is 10.5. The van der Waals surface area contributed by atoms with Crippen LogP contribution in [0.3, 0.4) is 0 Å². The highest BCUT2D eigenvalue weighted by Crippen LogP contribution is 1.82. The fourth-order valence-corrected chi connectivity index (χ4v) is 1.72. The molecular formula is C11H22N2O4. The predicted octanol–water partition coefficient (Wildman–Crippen LogP) is -4.88. The summed E-state index contributed by atoms with van der Waals surface area (Å²) in [6, 6.07) is -1.04. The third kappa shape index (κ3) is 7.70. The number of aliphatic carboxylic acids is 2. The van der Waals surface area contributed by atoms with E-state index >= 15 is 0 Å². The van der Waals surface area contributed by atoms with E-state index in [0.717, 1.165) is 26.1 Å². The van der Waals surface area contributed by atoms with Crippen molar-refractivity contribution in [3.63, 3.8) is 0 Å². The maximum absolute atomic E-state index is 10.6. The second kappa shape index (κ2) is 8.95. The Labute approximate surface area is 102 Å². The summed E-state index contributed by atoms with van der Waals surface area (Å²) in [5.74, 6) is -2.70. The highest BCUT2D eigenvalue weighted by atomic mass is 16.4. The first-order valence-corrected chi connectivity index (χ1v) is 6.08. The number of quaternary nitrogens is 2. The molecule has 0 aliphatic rings. The number of rotatable bonds is 10. The van der Waals surface area contributed by atoms with Crippen molar-refractivity contribution in [2.24, 2.45) is 0 Å². The Morgan fingerprint density at radius 1 is 1.24 bits per heavy atom. The SMILES string of the molecule is CC[NH+](CC)CCC[NH2+][C@@H](CC(=O)[O-])C(=O)[O-]. The van der Waals surface area contributed by atoms with Gasteiger partial charge in [-0.25, -0.2) is 0 Å². The Morgan fingerprint density at radius 2 is 1.82 bits per heavy atom. The number of carbonyl (C=O) groups is 2. The van der Waals surface area contributed by atoms with Crippen molar-refractivity contribution >= 4 is 11.9 Å². The Balaban J connectivity index is 3.82. The molecule has 0 saturated carbocycles. The maximum Gasteiger partial charge on any atom is 0.131 e. The summed E-state index contributed by atoms with van der Waals surface area (Å²) in [5.41, 5.74) is 0. The number of carboxylic acids is 2. The molecule has 0 rings (SSSR count). The molecule has 6 heteroatoms. The molecule has 17 heavy (non-hydrogen) atoms. The van der Waals surface area contributed by atoms with Crippen LogP contribution in [0.15, 0.2) is 0 Å². The lowest BCUT2D eigenvalue weighted by Crippen LogP contribution is -3.11. The van der Waals surface area contributed by atoms with Gasteiger partial charge in [0.25, 0.3) is 0 Å². The van der Waals surface area contributed by atoms with Crippen molar-refractivity contribution in [2.75, 3.05) is 26.2 Å². The third-order valence-electron chi connectivity index (χ3n) is 2.87. The van der Waals surface area contributed by atoms with E-state index in [9.17, 15) is 19.8 Å². The zero-order valence-electron chi connectivity index (χ0n) is 10.5. The molecule has 0 radical (unpaired) electrons. The molecule has 0 saturated heterocycles. The molecule has 0 aliphatic heterocycles. The lowest BCUT2D eigenvalue weighted by atomic mass is 10.2. The van der Waals surface area contributed by atoms with Gasteiger partial charge in [-0.05, 0) is 13.8 Å². The van der Waals surface area contributed by atoms with Crippen LogP contribution in [0.4, 0.5) is 0 Å². The summed E-state index contributed by atoms with van der Waals surface area (Å²) in [6.07, 6.45) is 0.355. The first-order valence-electron chi connectivity index (χ1n) is 6.08. The normalized spacial score (nSPS) is 12.6. The van der Waals surface area contributed by atoms with Crippen molar-refractivity contribution in [1.29, 1.82) is 0 Å². The van der Waals surface area contributed by atoms with Gasteiger partial charge in [0.05, 0.1) is 32.1 Å². The summed E-state index contributed by atoms with van der Waals surface area (Å²) in [5, 5.41) is 22.5. The average Bonchev–Trinajstić information content (AvgIpc) is 2.27. The quantitative estimate of drug-likeness (QED) is 0.377. The first-order chi connectivity index (χ1) is 8.01. The van der Waals surface area contributed by atoms with Gasteiger partial charge < -0.3 is 30.0 Å². The van der Waals surface area contributed by atoms with Crippen LogP contribution in [0.2, 0.25) is 0 Å². The van der Waals surface area contributed by atoms with Gasteiger partial charge in [-0.15, -0.1) is 0 Å². The number of hydrogen-bond acceptors (Lipinski definition) is 4. The van der Waals surface area contributed by atoms with Crippen molar-refractivity contribution in [3.8, 4) is 0 Å². The summed E-state index contributed by atoms with van der Waals surface area (Å²) >= 11 is 0. The van der Waals surface area contributed by atoms with Crippen LogP contribution < -0.4 is 20.4 Å². The number of carboxylic acid groups (broad SMARTS) is 2. The molecule has 0 amide bonds. The number of carbonyl (C=O) groups excluding carboxylic acids is 2. The molecule has 3 N–H and O–H groups in total. The van der Waals surface area contributed by atoms with Crippen LogP contribution in [-0.4, -0.2) is 44.2 Å². The molecule has 0 aromatic heterocycles. The minimum absolute atomic E-state index is 0.500. The van der Waals surface area contributed by atoms with Gasteiger partial charge in [-0.1, -0.05) is 0 Å². The summed E-state index contributed by atoms with van der Waals surface area (Å²) in [4.78, 5) is 22.4. The maximum atomic E-state index is 10.6. The number of nitrogens with two attached hydrogens (primary N) is 1. The topological polar surface area (TPSA) is 101 Å².